The Balaban J connectivity index is 2.10. The van der Waals surface area contributed by atoms with Gasteiger partial charge < -0.3 is 10.1 Å². The third kappa shape index (κ3) is 3.55. The second-order valence-electron chi connectivity index (χ2n) is 4.53. The van der Waals surface area contributed by atoms with Crippen LogP contribution in [0.5, 0.6) is 11.5 Å². The van der Waals surface area contributed by atoms with E-state index in [1.807, 2.05) is 31.3 Å². The van der Waals surface area contributed by atoms with Crippen LogP contribution in [0.1, 0.15) is 31.1 Å². The van der Waals surface area contributed by atoms with Gasteiger partial charge in [0.05, 0.1) is 11.9 Å². The highest BCUT2D eigenvalue weighted by Crippen LogP contribution is 2.22. The summed E-state index contributed by atoms with van der Waals surface area (Å²) < 4.78 is 5.81. The Morgan fingerprint density at radius 3 is 2.68 bits per heavy atom. The summed E-state index contributed by atoms with van der Waals surface area (Å²) in [4.78, 5) is 4.40. The van der Waals surface area contributed by atoms with E-state index in [2.05, 4.69) is 36.3 Å². The Morgan fingerprint density at radius 2 is 2.05 bits per heavy atom. The lowest BCUT2D eigenvalue weighted by atomic mass is 10.2. The second kappa shape index (κ2) is 6.34. The highest BCUT2D eigenvalue weighted by Gasteiger charge is 2.04. The van der Waals surface area contributed by atoms with E-state index in [0.29, 0.717) is 0 Å². The molecule has 2 rings (SSSR count). The molecule has 0 amide bonds. The Bertz CT molecular complexity index is 523. The molecule has 1 atom stereocenters. The molecule has 0 bridgehead atoms. The molecule has 0 saturated heterocycles. The molecule has 2 aromatic rings. The third-order valence-electron chi connectivity index (χ3n) is 3.18. The second-order valence-corrected chi connectivity index (χ2v) is 4.53. The molecule has 1 N–H and O–H groups in total. The number of nitrogens with one attached hydrogen (secondary N) is 1. The van der Waals surface area contributed by atoms with Gasteiger partial charge in [-0.2, -0.15) is 0 Å². The van der Waals surface area contributed by atoms with Crippen molar-refractivity contribution >= 4 is 0 Å². The largest absolute Gasteiger partial charge is 0.456 e. The van der Waals surface area contributed by atoms with Gasteiger partial charge in [-0.05, 0) is 50.2 Å². The highest BCUT2D eigenvalue weighted by molar-refractivity contribution is 5.33. The van der Waals surface area contributed by atoms with Crippen LogP contribution in [0.15, 0.2) is 42.6 Å². The molecule has 0 aliphatic rings. The van der Waals surface area contributed by atoms with Crippen LogP contribution in [0.25, 0.3) is 0 Å². The van der Waals surface area contributed by atoms with Crippen LogP contribution in [0.2, 0.25) is 0 Å². The first-order valence-electron chi connectivity index (χ1n) is 6.63. The molecule has 19 heavy (non-hydrogen) atoms. The summed E-state index contributed by atoms with van der Waals surface area (Å²) in [6.07, 6.45) is 2.77. The average molecular weight is 256 g/mol. The van der Waals surface area contributed by atoms with Crippen LogP contribution in [0.4, 0.5) is 0 Å². The molecule has 100 valence electrons. The minimum atomic E-state index is 0.248. The molecular weight excluding hydrogens is 236 g/mol. The molecule has 1 unspecified atom stereocenters. The lowest BCUT2D eigenvalue weighted by Gasteiger charge is -2.11. The SMILES string of the molecule is CCc1cccc(Oc2ccc(C(C)NC)nc2)c1. The van der Waals surface area contributed by atoms with Crippen molar-refractivity contribution in [2.24, 2.45) is 0 Å². The summed E-state index contributed by atoms with van der Waals surface area (Å²) in [5.74, 6) is 1.62. The zero-order valence-corrected chi connectivity index (χ0v) is 11.7. The maximum Gasteiger partial charge on any atom is 0.145 e. The van der Waals surface area contributed by atoms with Crippen molar-refractivity contribution < 1.29 is 4.74 Å². The number of ether oxygens (including phenoxy) is 1. The minimum absolute atomic E-state index is 0.248. The molecule has 0 aliphatic heterocycles. The fourth-order valence-electron chi connectivity index (χ4n) is 1.82. The predicted molar refractivity (Wildman–Crippen MR) is 77.6 cm³/mol. The molecule has 0 fully saturated rings. The van der Waals surface area contributed by atoms with E-state index >= 15 is 0 Å². The van der Waals surface area contributed by atoms with Gasteiger partial charge in [0.1, 0.15) is 11.5 Å². The Labute approximate surface area is 114 Å². The highest BCUT2D eigenvalue weighted by atomic mass is 16.5. The van der Waals surface area contributed by atoms with Gasteiger partial charge in [-0.3, -0.25) is 4.98 Å². The summed E-state index contributed by atoms with van der Waals surface area (Å²) in [6.45, 7) is 4.21. The fraction of sp³-hybridized carbons (Fsp3) is 0.312. The van der Waals surface area contributed by atoms with Crippen molar-refractivity contribution in [2.75, 3.05) is 7.05 Å². The Kier molecular flexibility index (Phi) is 4.53. The molecular formula is C16H20N2O. The summed E-state index contributed by atoms with van der Waals surface area (Å²) in [7, 11) is 1.92. The normalized spacial score (nSPS) is 12.2. The van der Waals surface area contributed by atoms with E-state index in [0.717, 1.165) is 23.6 Å². The van der Waals surface area contributed by atoms with Crippen molar-refractivity contribution in [3.63, 3.8) is 0 Å². The van der Waals surface area contributed by atoms with E-state index in [1.165, 1.54) is 5.56 Å². The van der Waals surface area contributed by atoms with Crippen LogP contribution in [-0.4, -0.2) is 12.0 Å². The molecule has 1 heterocycles. The van der Waals surface area contributed by atoms with Crippen molar-refractivity contribution in [3.05, 3.63) is 53.9 Å². The number of aromatic nitrogens is 1. The monoisotopic (exact) mass is 256 g/mol. The molecule has 1 aromatic carbocycles. The van der Waals surface area contributed by atoms with Crippen LogP contribution in [0, 0.1) is 0 Å². The average Bonchev–Trinajstić information content (AvgIpc) is 2.47. The molecule has 3 heteroatoms. The standard InChI is InChI=1S/C16H20N2O/c1-4-13-6-5-7-14(10-13)19-15-8-9-16(18-11-15)12(2)17-3/h5-12,17H,4H2,1-3H3. The molecule has 0 spiro atoms. The van der Waals surface area contributed by atoms with Gasteiger partial charge in [0.15, 0.2) is 0 Å². The smallest absolute Gasteiger partial charge is 0.145 e. The number of hydrogen-bond donors (Lipinski definition) is 1. The van der Waals surface area contributed by atoms with Crippen LogP contribution < -0.4 is 10.1 Å². The first kappa shape index (κ1) is 13.6. The summed E-state index contributed by atoms with van der Waals surface area (Å²) in [5.41, 5.74) is 2.28. The van der Waals surface area contributed by atoms with Crippen molar-refractivity contribution in [2.45, 2.75) is 26.3 Å². The number of rotatable bonds is 5. The van der Waals surface area contributed by atoms with Crippen LogP contribution >= 0.6 is 0 Å². The predicted octanol–water partition coefficient (Wildman–Crippen LogP) is 3.72. The maximum absolute atomic E-state index is 5.81. The van der Waals surface area contributed by atoms with E-state index < -0.39 is 0 Å². The lowest BCUT2D eigenvalue weighted by Crippen LogP contribution is -2.13. The quantitative estimate of drug-likeness (QED) is 0.885. The number of nitrogens with zero attached hydrogens (tertiary/aromatic N) is 1. The van der Waals surface area contributed by atoms with Gasteiger partial charge in [-0.15, -0.1) is 0 Å². The third-order valence-corrected chi connectivity index (χ3v) is 3.18. The van der Waals surface area contributed by atoms with Gasteiger partial charge in [0.2, 0.25) is 0 Å². The zero-order chi connectivity index (χ0) is 13.7. The van der Waals surface area contributed by atoms with Crippen molar-refractivity contribution in [3.8, 4) is 11.5 Å². The van der Waals surface area contributed by atoms with Crippen molar-refractivity contribution in [1.82, 2.24) is 10.3 Å². The first-order chi connectivity index (χ1) is 9.22. The maximum atomic E-state index is 5.81. The van der Waals surface area contributed by atoms with E-state index in [-0.39, 0.29) is 6.04 Å². The van der Waals surface area contributed by atoms with Gasteiger partial charge in [0, 0.05) is 6.04 Å². The Morgan fingerprint density at radius 1 is 1.21 bits per heavy atom. The zero-order valence-electron chi connectivity index (χ0n) is 11.7. The number of hydrogen-bond acceptors (Lipinski definition) is 3. The molecule has 0 radical (unpaired) electrons. The summed E-state index contributed by atoms with van der Waals surface area (Å²) >= 11 is 0. The van der Waals surface area contributed by atoms with Gasteiger partial charge in [-0.1, -0.05) is 19.1 Å². The number of pyridine rings is 1. The fourth-order valence-corrected chi connectivity index (χ4v) is 1.82. The minimum Gasteiger partial charge on any atom is -0.456 e. The van der Waals surface area contributed by atoms with E-state index in [9.17, 15) is 0 Å². The van der Waals surface area contributed by atoms with E-state index in [4.69, 9.17) is 4.74 Å². The number of benzene rings is 1. The Hall–Kier alpha value is -1.87. The topological polar surface area (TPSA) is 34.1 Å². The van der Waals surface area contributed by atoms with E-state index in [1.54, 1.807) is 6.20 Å². The summed E-state index contributed by atoms with van der Waals surface area (Å²) in [6, 6.07) is 12.3. The molecule has 3 nitrogen and oxygen atoms in total. The van der Waals surface area contributed by atoms with Crippen LogP contribution in [0.3, 0.4) is 0 Å². The first-order valence-corrected chi connectivity index (χ1v) is 6.63. The molecule has 1 aromatic heterocycles. The summed E-state index contributed by atoms with van der Waals surface area (Å²) in [5, 5.41) is 3.16. The molecule has 0 saturated carbocycles. The van der Waals surface area contributed by atoms with Gasteiger partial charge >= 0.3 is 0 Å². The number of aryl methyl sites for hydroxylation is 1. The molecule has 0 aliphatic carbocycles. The van der Waals surface area contributed by atoms with Gasteiger partial charge in [0.25, 0.3) is 0 Å². The van der Waals surface area contributed by atoms with Crippen LogP contribution in [-0.2, 0) is 6.42 Å². The van der Waals surface area contributed by atoms with Gasteiger partial charge in [-0.25, -0.2) is 0 Å². The van der Waals surface area contributed by atoms with Crippen molar-refractivity contribution in [1.29, 1.82) is 0 Å². The lowest BCUT2D eigenvalue weighted by molar-refractivity contribution is 0.478.